The van der Waals surface area contributed by atoms with Crippen molar-refractivity contribution in [3.8, 4) is 5.75 Å². The van der Waals surface area contributed by atoms with E-state index in [0.29, 0.717) is 18.4 Å². The molecule has 0 bridgehead atoms. The molecule has 1 aliphatic heterocycles. The molecule has 12 atom stereocenters. The summed E-state index contributed by atoms with van der Waals surface area (Å²) in [5.74, 6) is -11.9. The van der Waals surface area contributed by atoms with Gasteiger partial charge in [-0.1, -0.05) is 76.6 Å². The Balaban J connectivity index is 1.72. The standard InChI is InChI=1S/C51H75N11O15S/c1-7-26(4)40(60-44(69)33(22-37(53)66)55-43(68)32(52)20-29-12-9-8-10-13-29)47(72)59-39(25(2)3)46(71)54-23-38(67)58-41(27(5)63)49(74)61-42(28(6)64)48(73)56-34(21-30-15-17-31(65)18-16-30)50(75)62-19-11-14-36(62)45(70)57-35(24-78)51(76)77/h8-10,12-13,15-18,25-28,32-36,39-42,63-65,78H,7,11,14,19-24,52H2,1-6H3,(H2,53,66)(H,54,71)(H,55,68)(H,56,73)(H,57,70)(H,58,67)(H,59,72)(H,60,69)(H,61,74)(H,76,77)/p+1/t26-,27+,28+,32-,33-,34-,35-,36-,39-,40-,41-,42-/m0/s1. The van der Waals surface area contributed by atoms with Gasteiger partial charge in [-0.25, -0.2) is 4.79 Å². The number of nitrogens with zero attached hydrogens (tertiary/aromatic N) is 1. The van der Waals surface area contributed by atoms with Crippen molar-refractivity contribution in [2.75, 3.05) is 18.8 Å². The van der Waals surface area contributed by atoms with Crippen LogP contribution in [-0.4, -0.2) is 176 Å². The molecular weight excluding hydrogens is 1040 g/mol. The molecule has 2 aromatic carbocycles. The number of phenols is 1. The fraction of sp³-hybridized carbons (Fsp3) is 0.549. The summed E-state index contributed by atoms with van der Waals surface area (Å²) in [5, 5.41) is 60.2. The molecule has 0 saturated carbocycles. The van der Waals surface area contributed by atoms with Crippen molar-refractivity contribution in [2.24, 2.45) is 17.6 Å². The number of carbonyl (C=O) groups excluding carboxylic acids is 10. The van der Waals surface area contributed by atoms with Crippen LogP contribution in [0.3, 0.4) is 0 Å². The van der Waals surface area contributed by atoms with E-state index in [0.717, 1.165) is 19.4 Å². The van der Waals surface area contributed by atoms with Gasteiger partial charge < -0.3 is 79.3 Å². The highest BCUT2D eigenvalue weighted by molar-refractivity contribution is 7.80. The van der Waals surface area contributed by atoms with Gasteiger partial charge in [0.15, 0.2) is 6.04 Å². The predicted molar refractivity (Wildman–Crippen MR) is 283 cm³/mol. The van der Waals surface area contributed by atoms with E-state index in [-0.39, 0.29) is 37.3 Å². The fourth-order valence-corrected chi connectivity index (χ4v) is 8.51. The lowest BCUT2D eigenvalue weighted by Gasteiger charge is -2.31. The molecule has 0 aliphatic carbocycles. The summed E-state index contributed by atoms with van der Waals surface area (Å²) in [4.78, 5) is 147. The maximum atomic E-state index is 14.2. The van der Waals surface area contributed by atoms with Crippen molar-refractivity contribution < 1.29 is 78.9 Å². The van der Waals surface area contributed by atoms with Gasteiger partial charge in [-0.05, 0) is 61.8 Å². The lowest BCUT2D eigenvalue weighted by Crippen LogP contribution is -2.70. The number of aliphatic hydroxyl groups excluding tert-OH is 2. The van der Waals surface area contributed by atoms with Gasteiger partial charge >= 0.3 is 5.97 Å². The number of thiol groups is 1. The normalized spacial score (nSPS) is 17.4. The van der Waals surface area contributed by atoms with E-state index in [2.05, 4.69) is 60.9 Å². The van der Waals surface area contributed by atoms with Crippen LogP contribution < -0.4 is 54.0 Å². The van der Waals surface area contributed by atoms with Crippen molar-refractivity contribution >= 4 is 77.7 Å². The van der Waals surface area contributed by atoms with Crippen LogP contribution in [0.5, 0.6) is 5.75 Å². The molecule has 2 aromatic rings. The lowest BCUT2D eigenvalue weighted by atomic mass is 9.96. The number of rotatable bonds is 30. The van der Waals surface area contributed by atoms with Gasteiger partial charge in [0.25, 0.3) is 5.91 Å². The molecule has 0 unspecified atom stereocenters. The van der Waals surface area contributed by atoms with Gasteiger partial charge in [0.2, 0.25) is 53.2 Å². The number of nitrogens with two attached hydrogens (primary N) is 1. The van der Waals surface area contributed by atoms with Crippen molar-refractivity contribution in [2.45, 2.75) is 147 Å². The Kier molecular flexibility index (Phi) is 25.9. The molecule has 10 amide bonds. The molecule has 0 radical (unpaired) electrons. The molecule has 1 fully saturated rings. The van der Waals surface area contributed by atoms with Crippen LogP contribution in [0, 0.1) is 11.8 Å². The van der Waals surface area contributed by atoms with E-state index in [1.165, 1.54) is 29.2 Å². The first-order chi connectivity index (χ1) is 36.7. The number of hydrogen-bond acceptors (Lipinski definition) is 15. The first-order valence-corrected chi connectivity index (χ1v) is 26.1. The molecule has 1 heterocycles. The second-order valence-electron chi connectivity index (χ2n) is 19.7. The van der Waals surface area contributed by atoms with Gasteiger partial charge in [-0.2, -0.15) is 12.6 Å². The Morgan fingerprint density at radius 1 is 0.667 bits per heavy atom. The number of amides is 10. The summed E-state index contributed by atoms with van der Waals surface area (Å²) in [6.45, 7) is 8.08. The molecule has 17 N–H and O–H groups in total. The zero-order valence-corrected chi connectivity index (χ0v) is 45.4. The van der Waals surface area contributed by atoms with Crippen LogP contribution in [0.15, 0.2) is 54.6 Å². The number of primary amides is 1. The van der Waals surface area contributed by atoms with E-state index < -0.39 is 156 Å². The maximum absolute atomic E-state index is 14.2. The molecule has 78 heavy (non-hydrogen) atoms. The SMILES string of the molecule is CC[C@H](C)[C@H](NC(=O)[C@H](CC(N)=O)NC(=O)[C@@H]([NH3+])Cc1ccccc1)C(=O)N[C@H](C(=O)NCC(=O)N[C@H](C(=O)N[C@H](C(=O)N[C@@H](Cc1ccc(O)cc1)C(=O)N1CCC[C@H]1C(=O)N[C@@H](CS)C(=O)O)[C@@H](C)O)[C@@H](C)O)C(C)C. The van der Waals surface area contributed by atoms with Crippen molar-refractivity contribution in [1.29, 1.82) is 0 Å². The van der Waals surface area contributed by atoms with Gasteiger partial charge in [-0.3, -0.25) is 47.9 Å². The quantitative estimate of drug-likeness (QED) is 0.0329. The van der Waals surface area contributed by atoms with Crippen LogP contribution in [-0.2, 0) is 65.6 Å². The summed E-state index contributed by atoms with van der Waals surface area (Å²) in [6, 6.07) is 2.05. The third-order valence-corrected chi connectivity index (χ3v) is 13.3. The number of phenolic OH excluding ortho intramolecular Hbond substituents is 1. The van der Waals surface area contributed by atoms with Crippen molar-refractivity contribution in [3.63, 3.8) is 0 Å². The minimum atomic E-state index is -1.83. The number of aliphatic hydroxyl groups is 2. The monoisotopic (exact) mass is 1110 g/mol. The number of aliphatic carboxylic acids is 1. The highest BCUT2D eigenvalue weighted by Crippen LogP contribution is 2.21. The van der Waals surface area contributed by atoms with Crippen molar-refractivity contribution in [3.05, 3.63) is 65.7 Å². The molecular formula is C51H76N11O15S+. The summed E-state index contributed by atoms with van der Waals surface area (Å²) < 4.78 is 0. The van der Waals surface area contributed by atoms with Gasteiger partial charge in [0.1, 0.15) is 54.1 Å². The number of aromatic hydroxyl groups is 1. The highest BCUT2D eigenvalue weighted by Gasteiger charge is 2.41. The minimum Gasteiger partial charge on any atom is -0.508 e. The maximum Gasteiger partial charge on any atom is 0.327 e. The van der Waals surface area contributed by atoms with E-state index in [9.17, 15) is 73.2 Å². The Bertz CT molecular complexity index is 2430. The summed E-state index contributed by atoms with van der Waals surface area (Å²) in [7, 11) is 0. The lowest BCUT2D eigenvalue weighted by molar-refractivity contribution is -0.403. The van der Waals surface area contributed by atoms with E-state index in [1.807, 2.05) is 0 Å². The third-order valence-electron chi connectivity index (χ3n) is 13.0. The second-order valence-corrected chi connectivity index (χ2v) is 20.0. The Labute approximate surface area is 457 Å². The second kappa shape index (κ2) is 31.1. The zero-order chi connectivity index (χ0) is 58.6. The number of benzene rings is 2. The number of hydrogen-bond donors (Lipinski definition) is 15. The van der Waals surface area contributed by atoms with Gasteiger partial charge in [-0.15, -0.1) is 0 Å². The van der Waals surface area contributed by atoms with Crippen LogP contribution in [0.2, 0.25) is 0 Å². The molecule has 430 valence electrons. The predicted octanol–water partition coefficient (Wildman–Crippen LogP) is -4.36. The van der Waals surface area contributed by atoms with Gasteiger partial charge in [0, 0.05) is 25.1 Å². The highest BCUT2D eigenvalue weighted by atomic mass is 32.1. The summed E-state index contributed by atoms with van der Waals surface area (Å²) in [5.41, 5.74) is 10.5. The fourth-order valence-electron chi connectivity index (χ4n) is 8.27. The molecule has 0 spiro atoms. The number of carboxylic acid groups (broad SMARTS) is 1. The number of likely N-dealkylation sites (tertiary alicyclic amines) is 1. The number of carboxylic acids is 1. The van der Waals surface area contributed by atoms with Crippen LogP contribution in [0.1, 0.15) is 78.4 Å². The number of nitrogens with one attached hydrogen (secondary N) is 8. The number of carbonyl (C=O) groups is 11. The largest absolute Gasteiger partial charge is 0.508 e. The van der Waals surface area contributed by atoms with Gasteiger partial charge in [0.05, 0.1) is 25.2 Å². The van der Waals surface area contributed by atoms with Crippen LogP contribution >= 0.6 is 12.6 Å². The first-order valence-electron chi connectivity index (χ1n) is 25.5. The average Bonchev–Trinajstić information content (AvgIpc) is 3.88. The third kappa shape index (κ3) is 19.9. The van der Waals surface area contributed by atoms with Crippen LogP contribution in [0.4, 0.5) is 0 Å². The summed E-state index contributed by atoms with van der Waals surface area (Å²) >= 11 is 3.97. The van der Waals surface area contributed by atoms with Crippen LogP contribution in [0.25, 0.3) is 0 Å². The van der Waals surface area contributed by atoms with E-state index in [4.69, 9.17) is 5.73 Å². The van der Waals surface area contributed by atoms with E-state index in [1.54, 1.807) is 58.0 Å². The number of quaternary nitrogens is 1. The molecule has 27 heteroatoms. The Morgan fingerprint density at radius 3 is 1.76 bits per heavy atom. The summed E-state index contributed by atoms with van der Waals surface area (Å²) in [6.07, 6.45) is -3.05. The molecule has 1 saturated heterocycles. The topological polar surface area (TPSA) is 422 Å². The van der Waals surface area contributed by atoms with Crippen molar-refractivity contribution in [1.82, 2.24) is 47.4 Å². The molecule has 3 rings (SSSR count). The molecule has 26 nitrogen and oxygen atoms in total. The molecule has 1 aliphatic rings. The Morgan fingerprint density at radius 2 is 1.21 bits per heavy atom. The average molecular weight is 1120 g/mol. The minimum absolute atomic E-state index is 0.0498. The molecule has 0 aromatic heterocycles. The van der Waals surface area contributed by atoms with E-state index >= 15 is 0 Å². The Hall–Kier alpha value is -7.36. The zero-order valence-electron chi connectivity index (χ0n) is 44.5. The smallest absolute Gasteiger partial charge is 0.327 e. The first kappa shape index (κ1) is 64.9.